The molecule has 0 radical (unpaired) electrons. The first-order valence-corrected chi connectivity index (χ1v) is 11.4. The molecule has 1 saturated carbocycles. The average Bonchev–Trinajstić information content (AvgIpc) is 3.20. The van der Waals surface area contributed by atoms with E-state index < -0.39 is 11.8 Å². The SMILES string of the molecule is O=c1sc2cc(-c3ccc(N4CCSCC4)cc3)ccc2n1CC1CC1(F)F. The molecule has 28 heavy (non-hydrogen) atoms. The van der Waals surface area contributed by atoms with Crippen molar-refractivity contribution in [2.75, 3.05) is 29.5 Å². The van der Waals surface area contributed by atoms with Crippen LogP contribution < -0.4 is 9.77 Å². The van der Waals surface area contributed by atoms with Crippen LogP contribution in [0.15, 0.2) is 47.3 Å². The Bertz CT molecular complexity index is 1070. The Labute approximate surface area is 170 Å². The van der Waals surface area contributed by atoms with Crippen molar-refractivity contribution < 1.29 is 8.78 Å². The van der Waals surface area contributed by atoms with Crippen LogP contribution in [0.4, 0.5) is 14.5 Å². The van der Waals surface area contributed by atoms with Crippen molar-refractivity contribution in [1.29, 1.82) is 0 Å². The number of aromatic nitrogens is 1. The molecule has 146 valence electrons. The number of anilines is 1. The summed E-state index contributed by atoms with van der Waals surface area (Å²) >= 11 is 3.13. The normalized spacial score (nSPS) is 21.2. The van der Waals surface area contributed by atoms with Gasteiger partial charge in [0.2, 0.25) is 0 Å². The number of benzene rings is 2. The van der Waals surface area contributed by atoms with E-state index in [4.69, 9.17) is 0 Å². The van der Waals surface area contributed by atoms with Gasteiger partial charge in [-0.3, -0.25) is 9.36 Å². The van der Waals surface area contributed by atoms with Gasteiger partial charge in [-0.2, -0.15) is 11.8 Å². The molecule has 1 aliphatic carbocycles. The molecule has 2 aliphatic rings. The number of hydrogen-bond acceptors (Lipinski definition) is 4. The second-order valence-electron chi connectivity index (χ2n) is 7.47. The predicted molar refractivity (Wildman–Crippen MR) is 114 cm³/mol. The van der Waals surface area contributed by atoms with Crippen molar-refractivity contribution >= 4 is 39.0 Å². The monoisotopic (exact) mass is 418 g/mol. The highest BCUT2D eigenvalue weighted by atomic mass is 32.2. The second kappa shape index (κ2) is 6.88. The Morgan fingerprint density at radius 1 is 1.04 bits per heavy atom. The molecule has 5 rings (SSSR count). The van der Waals surface area contributed by atoms with Crippen LogP contribution in [-0.4, -0.2) is 35.1 Å². The van der Waals surface area contributed by atoms with Gasteiger partial charge in [0.05, 0.1) is 10.2 Å². The van der Waals surface area contributed by atoms with E-state index in [1.54, 1.807) is 0 Å². The van der Waals surface area contributed by atoms with Gasteiger partial charge in [-0.25, -0.2) is 8.78 Å². The standard InChI is InChI=1S/C21H20F2N2OS2/c22-21(23)12-16(21)13-25-18-6-3-15(11-19(18)28-20(25)26)14-1-4-17(5-2-14)24-7-9-27-10-8-24/h1-6,11,16H,7-10,12-13H2. The topological polar surface area (TPSA) is 25.2 Å². The van der Waals surface area contributed by atoms with Crippen LogP contribution in [0.2, 0.25) is 0 Å². The molecule has 1 unspecified atom stereocenters. The fraction of sp³-hybridized carbons (Fsp3) is 0.381. The van der Waals surface area contributed by atoms with Gasteiger partial charge in [0.15, 0.2) is 0 Å². The Kier molecular flexibility index (Phi) is 4.47. The number of fused-ring (bicyclic) bond motifs is 1. The van der Waals surface area contributed by atoms with Crippen molar-refractivity contribution in [2.24, 2.45) is 5.92 Å². The maximum absolute atomic E-state index is 13.3. The number of rotatable bonds is 4. The van der Waals surface area contributed by atoms with Crippen molar-refractivity contribution in [3.63, 3.8) is 0 Å². The molecule has 0 amide bonds. The summed E-state index contributed by atoms with van der Waals surface area (Å²) in [6.45, 7) is 2.27. The van der Waals surface area contributed by atoms with Gasteiger partial charge >= 0.3 is 4.87 Å². The summed E-state index contributed by atoms with van der Waals surface area (Å²) in [4.78, 5) is 14.6. The first kappa shape index (κ1) is 18.2. The lowest BCUT2D eigenvalue weighted by molar-refractivity contribution is 0.0953. The molecule has 1 aromatic heterocycles. The van der Waals surface area contributed by atoms with Gasteiger partial charge in [0.25, 0.3) is 5.92 Å². The van der Waals surface area contributed by atoms with E-state index in [-0.39, 0.29) is 17.8 Å². The zero-order valence-corrected chi connectivity index (χ0v) is 16.9. The zero-order valence-electron chi connectivity index (χ0n) is 15.2. The molecule has 0 spiro atoms. The van der Waals surface area contributed by atoms with Gasteiger partial charge in [0.1, 0.15) is 0 Å². The number of nitrogens with zero attached hydrogens (tertiary/aromatic N) is 2. The van der Waals surface area contributed by atoms with E-state index >= 15 is 0 Å². The summed E-state index contributed by atoms with van der Waals surface area (Å²) in [6, 6.07) is 14.4. The lowest BCUT2D eigenvalue weighted by Gasteiger charge is -2.28. The van der Waals surface area contributed by atoms with E-state index in [0.29, 0.717) is 0 Å². The summed E-state index contributed by atoms with van der Waals surface area (Å²) in [5, 5.41) is 0. The quantitative estimate of drug-likeness (QED) is 0.600. The molecule has 1 saturated heterocycles. The van der Waals surface area contributed by atoms with Gasteiger partial charge in [-0.1, -0.05) is 29.5 Å². The fourth-order valence-electron chi connectivity index (χ4n) is 3.79. The maximum Gasteiger partial charge on any atom is 0.308 e. The van der Waals surface area contributed by atoms with E-state index in [1.807, 2.05) is 30.0 Å². The highest BCUT2D eigenvalue weighted by Gasteiger charge is 2.56. The summed E-state index contributed by atoms with van der Waals surface area (Å²) in [6.07, 6.45) is -0.114. The van der Waals surface area contributed by atoms with Crippen LogP contribution in [0.1, 0.15) is 6.42 Å². The summed E-state index contributed by atoms with van der Waals surface area (Å²) in [5.41, 5.74) is 4.13. The molecule has 0 N–H and O–H groups in total. The lowest BCUT2D eigenvalue weighted by Crippen LogP contribution is -2.32. The smallest absolute Gasteiger partial charge is 0.308 e. The van der Waals surface area contributed by atoms with E-state index in [0.717, 1.165) is 45.8 Å². The van der Waals surface area contributed by atoms with Crippen molar-refractivity contribution in [2.45, 2.75) is 18.9 Å². The van der Waals surface area contributed by atoms with Gasteiger partial charge in [0, 0.05) is 49.2 Å². The third kappa shape index (κ3) is 3.35. The first-order valence-electron chi connectivity index (χ1n) is 9.46. The lowest BCUT2D eigenvalue weighted by atomic mass is 10.0. The summed E-state index contributed by atoms with van der Waals surface area (Å²) in [7, 11) is 0. The number of thioether (sulfide) groups is 1. The van der Waals surface area contributed by atoms with Crippen LogP contribution in [-0.2, 0) is 6.54 Å². The molecule has 7 heteroatoms. The number of thiazole rings is 1. The molecule has 2 aromatic carbocycles. The number of halogens is 2. The molecule has 0 bridgehead atoms. The zero-order chi connectivity index (χ0) is 19.3. The van der Waals surface area contributed by atoms with Crippen molar-refractivity contribution in [3.05, 3.63) is 52.1 Å². The Morgan fingerprint density at radius 2 is 1.71 bits per heavy atom. The van der Waals surface area contributed by atoms with Crippen LogP contribution in [0.3, 0.4) is 0 Å². The second-order valence-corrected chi connectivity index (χ2v) is 9.69. The van der Waals surface area contributed by atoms with Crippen molar-refractivity contribution in [3.8, 4) is 11.1 Å². The van der Waals surface area contributed by atoms with E-state index in [1.165, 1.54) is 21.8 Å². The Hall–Kier alpha value is -1.86. The molecular weight excluding hydrogens is 398 g/mol. The fourth-order valence-corrected chi connectivity index (χ4v) is 5.64. The summed E-state index contributed by atoms with van der Waals surface area (Å²) in [5.74, 6) is -0.978. The van der Waals surface area contributed by atoms with Crippen molar-refractivity contribution in [1.82, 2.24) is 4.57 Å². The molecule has 1 atom stereocenters. The minimum atomic E-state index is -2.61. The largest absolute Gasteiger partial charge is 0.370 e. The molecule has 2 heterocycles. The van der Waals surface area contributed by atoms with E-state index in [9.17, 15) is 13.6 Å². The predicted octanol–water partition coefficient (Wildman–Crippen LogP) is 4.94. The first-order chi connectivity index (χ1) is 13.5. The minimum absolute atomic E-state index is 0.105. The Morgan fingerprint density at radius 3 is 2.39 bits per heavy atom. The van der Waals surface area contributed by atoms with Crippen LogP contribution in [0.25, 0.3) is 21.3 Å². The molecule has 1 aliphatic heterocycles. The molecular formula is C21H20F2N2OS2. The number of alkyl halides is 2. The van der Waals surface area contributed by atoms with E-state index in [2.05, 4.69) is 29.2 Å². The van der Waals surface area contributed by atoms with Gasteiger partial charge in [-0.05, 0) is 35.4 Å². The third-order valence-corrected chi connectivity index (χ3v) is 7.49. The van der Waals surface area contributed by atoms with Crippen LogP contribution in [0, 0.1) is 5.92 Å². The molecule has 3 nitrogen and oxygen atoms in total. The summed E-state index contributed by atoms with van der Waals surface area (Å²) < 4.78 is 28.9. The Balaban J connectivity index is 1.41. The molecule has 3 aromatic rings. The highest BCUT2D eigenvalue weighted by molar-refractivity contribution is 7.99. The minimum Gasteiger partial charge on any atom is -0.370 e. The third-order valence-electron chi connectivity index (χ3n) is 5.60. The average molecular weight is 419 g/mol. The maximum atomic E-state index is 13.3. The highest BCUT2D eigenvalue weighted by Crippen LogP contribution is 2.49. The number of hydrogen-bond donors (Lipinski definition) is 0. The van der Waals surface area contributed by atoms with Gasteiger partial charge in [-0.15, -0.1) is 0 Å². The van der Waals surface area contributed by atoms with Gasteiger partial charge < -0.3 is 4.90 Å². The van der Waals surface area contributed by atoms with Crippen LogP contribution >= 0.6 is 23.1 Å². The van der Waals surface area contributed by atoms with Crippen LogP contribution in [0.5, 0.6) is 0 Å². The molecule has 2 fully saturated rings.